The smallest absolute Gasteiger partial charge is 0.0667 e. The van der Waals surface area contributed by atoms with Crippen LogP contribution in [0.1, 0.15) is 30.9 Å². The molecule has 0 saturated carbocycles. The Morgan fingerprint density at radius 2 is 2.21 bits per heavy atom. The van der Waals surface area contributed by atoms with Crippen LogP contribution in [0, 0.1) is 0 Å². The molecule has 2 atom stereocenters. The molecule has 19 heavy (non-hydrogen) atoms. The highest BCUT2D eigenvalue weighted by atomic mass is 35.5. The van der Waals surface area contributed by atoms with E-state index in [1.165, 1.54) is 0 Å². The summed E-state index contributed by atoms with van der Waals surface area (Å²) in [7, 11) is 0. The number of rotatable bonds is 4. The number of hydrogen-bond acceptors (Lipinski definition) is 3. The molecule has 5 heteroatoms. The third-order valence-electron chi connectivity index (χ3n) is 3.62. The summed E-state index contributed by atoms with van der Waals surface area (Å²) in [6.45, 7) is 2.66. The van der Waals surface area contributed by atoms with Crippen LogP contribution in [0.15, 0.2) is 18.2 Å². The minimum Gasteiger partial charge on any atom is -0.392 e. The van der Waals surface area contributed by atoms with Gasteiger partial charge in [-0.25, -0.2) is 0 Å². The van der Waals surface area contributed by atoms with Gasteiger partial charge in [0.15, 0.2) is 0 Å². The molecular formula is C14H20Cl2N2O. The minimum atomic E-state index is -0.195. The molecular weight excluding hydrogens is 283 g/mol. The van der Waals surface area contributed by atoms with Gasteiger partial charge in [0.2, 0.25) is 0 Å². The molecule has 2 rings (SSSR count). The lowest BCUT2D eigenvalue weighted by Gasteiger charge is -2.30. The highest BCUT2D eigenvalue weighted by Gasteiger charge is 2.19. The molecule has 0 radical (unpaired) electrons. The van der Waals surface area contributed by atoms with Crippen LogP contribution in [0.2, 0.25) is 10.0 Å². The maximum atomic E-state index is 9.63. The fraction of sp³-hybridized carbons (Fsp3) is 0.571. The van der Waals surface area contributed by atoms with E-state index in [0.717, 1.165) is 44.5 Å². The number of aliphatic hydroxyl groups is 1. The quantitative estimate of drug-likeness (QED) is 0.899. The molecule has 2 unspecified atom stereocenters. The van der Waals surface area contributed by atoms with Crippen molar-refractivity contribution in [1.82, 2.24) is 4.90 Å². The number of β-amino-alcohol motifs (C(OH)–C–C–N with tert-alkyl or cyclic N) is 1. The van der Waals surface area contributed by atoms with Crippen molar-refractivity contribution < 1.29 is 5.11 Å². The molecule has 106 valence electrons. The SMILES string of the molecule is NC(CCN1CCCC(O)C1)c1cccc(Cl)c1Cl. The van der Waals surface area contributed by atoms with Crippen LogP contribution < -0.4 is 5.73 Å². The zero-order chi connectivity index (χ0) is 13.8. The van der Waals surface area contributed by atoms with Gasteiger partial charge in [0.05, 0.1) is 16.1 Å². The molecule has 0 bridgehead atoms. The van der Waals surface area contributed by atoms with Crippen LogP contribution in [0.25, 0.3) is 0 Å². The monoisotopic (exact) mass is 302 g/mol. The molecule has 1 aliphatic rings. The Morgan fingerprint density at radius 3 is 2.95 bits per heavy atom. The first-order chi connectivity index (χ1) is 9.08. The average Bonchev–Trinajstić information content (AvgIpc) is 2.39. The summed E-state index contributed by atoms with van der Waals surface area (Å²) < 4.78 is 0. The number of halogens is 2. The number of nitrogens with zero attached hydrogens (tertiary/aromatic N) is 1. The Kier molecular flexibility index (Phi) is 5.48. The maximum absolute atomic E-state index is 9.63. The van der Waals surface area contributed by atoms with Crippen molar-refractivity contribution in [2.45, 2.75) is 31.4 Å². The van der Waals surface area contributed by atoms with Gasteiger partial charge in [-0.15, -0.1) is 0 Å². The number of piperidine rings is 1. The molecule has 1 saturated heterocycles. The molecule has 1 fully saturated rings. The molecule has 0 aliphatic carbocycles. The van der Waals surface area contributed by atoms with E-state index in [9.17, 15) is 5.11 Å². The van der Waals surface area contributed by atoms with Crippen molar-refractivity contribution in [2.24, 2.45) is 5.73 Å². The molecule has 1 aliphatic heterocycles. The summed E-state index contributed by atoms with van der Waals surface area (Å²) in [5.41, 5.74) is 7.08. The topological polar surface area (TPSA) is 49.5 Å². The van der Waals surface area contributed by atoms with E-state index in [0.29, 0.717) is 10.0 Å². The van der Waals surface area contributed by atoms with E-state index in [1.54, 1.807) is 6.07 Å². The van der Waals surface area contributed by atoms with Crippen LogP contribution in [-0.4, -0.2) is 35.7 Å². The Balaban J connectivity index is 1.90. The predicted molar refractivity (Wildman–Crippen MR) is 79.7 cm³/mol. The van der Waals surface area contributed by atoms with Gasteiger partial charge in [-0.05, 0) is 37.4 Å². The van der Waals surface area contributed by atoms with Gasteiger partial charge >= 0.3 is 0 Å². The first-order valence-electron chi connectivity index (χ1n) is 6.68. The number of hydrogen-bond donors (Lipinski definition) is 2. The van der Waals surface area contributed by atoms with Gasteiger partial charge in [-0.1, -0.05) is 35.3 Å². The maximum Gasteiger partial charge on any atom is 0.0667 e. The standard InChI is InChI=1S/C14H20Cl2N2O/c15-12-5-1-4-11(14(12)16)13(17)6-8-18-7-2-3-10(19)9-18/h1,4-5,10,13,19H,2-3,6-9,17H2. The number of aliphatic hydroxyl groups excluding tert-OH is 1. The number of nitrogens with two attached hydrogens (primary N) is 1. The summed E-state index contributed by atoms with van der Waals surface area (Å²) in [4.78, 5) is 2.26. The van der Waals surface area contributed by atoms with Gasteiger partial charge < -0.3 is 15.7 Å². The first kappa shape index (κ1) is 15.1. The van der Waals surface area contributed by atoms with Crippen LogP contribution in [0.4, 0.5) is 0 Å². The van der Waals surface area contributed by atoms with E-state index in [-0.39, 0.29) is 12.1 Å². The Bertz CT molecular complexity index is 428. The van der Waals surface area contributed by atoms with Crippen molar-refractivity contribution in [1.29, 1.82) is 0 Å². The lowest BCUT2D eigenvalue weighted by atomic mass is 10.0. The van der Waals surface area contributed by atoms with E-state index >= 15 is 0 Å². The first-order valence-corrected chi connectivity index (χ1v) is 7.43. The third-order valence-corrected chi connectivity index (χ3v) is 4.45. The van der Waals surface area contributed by atoms with Crippen molar-refractivity contribution >= 4 is 23.2 Å². The molecule has 0 spiro atoms. The summed E-state index contributed by atoms with van der Waals surface area (Å²) in [5.74, 6) is 0. The zero-order valence-electron chi connectivity index (χ0n) is 10.9. The van der Waals surface area contributed by atoms with E-state index in [2.05, 4.69) is 4.90 Å². The molecule has 3 N–H and O–H groups in total. The fourth-order valence-corrected chi connectivity index (χ4v) is 2.97. The number of likely N-dealkylation sites (tertiary alicyclic amines) is 1. The number of benzene rings is 1. The van der Waals surface area contributed by atoms with Gasteiger partial charge in [0.1, 0.15) is 0 Å². The summed E-state index contributed by atoms with van der Waals surface area (Å²) in [6.07, 6.45) is 2.57. The van der Waals surface area contributed by atoms with E-state index in [4.69, 9.17) is 28.9 Å². The largest absolute Gasteiger partial charge is 0.392 e. The lowest BCUT2D eigenvalue weighted by Crippen LogP contribution is -2.39. The van der Waals surface area contributed by atoms with Crippen molar-refractivity contribution in [3.05, 3.63) is 33.8 Å². The molecule has 0 aromatic heterocycles. The van der Waals surface area contributed by atoms with Gasteiger partial charge in [0.25, 0.3) is 0 Å². The van der Waals surface area contributed by atoms with Gasteiger partial charge in [-0.3, -0.25) is 0 Å². The molecule has 3 nitrogen and oxygen atoms in total. The summed E-state index contributed by atoms with van der Waals surface area (Å²) in [6, 6.07) is 5.43. The molecule has 0 amide bonds. The lowest BCUT2D eigenvalue weighted by molar-refractivity contribution is 0.0692. The molecule has 1 heterocycles. The van der Waals surface area contributed by atoms with Crippen molar-refractivity contribution in [3.63, 3.8) is 0 Å². The Hall–Kier alpha value is -0.320. The second-order valence-electron chi connectivity index (χ2n) is 5.13. The summed E-state index contributed by atoms with van der Waals surface area (Å²) >= 11 is 12.2. The second kappa shape index (κ2) is 6.91. The van der Waals surface area contributed by atoms with Crippen LogP contribution >= 0.6 is 23.2 Å². The van der Waals surface area contributed by atoms with E-state index < -0.39 is 0 Å². The minimum absolute atomic E-state index is 0.120. The van der Waals surface area contributed by atoms with Crippen molar-refractivity contribution in [3.8, 4) is 0 Å². The van der Waals surface area contributed by atoms with Crippen LogP contribution in [0.3, 0.4) is 0 Å². The average molecular weight is 303 g/mol. The Morgan fingerprint density at radius 1 is 1.42 bits per heavy atom. The highest BCUT2D eigenvalue weighted by molar-refractivity contribution is 6.42. The molecule has 1 aromatic rings. The highest BCUT2D eigenvalue weighted by Crippen LogP contribution is 2.30. The van der Waals surface area contributed by atoms with E-state index in [1.807, 2.05) is 12.1 Å². The molecule has 1 aromatic carbocycles. The fourth-order valence-electron chi connectivity index (χ4n) is 2.52. The zero-order valence-corrected chi connectivity index (χ0v) is 12.4. The van der Waals surface area contributed by atoms with Crippen molar-refractivity contribution in [2.75, 3.05) is 19.6 Å². The van der Waals surface area contributed by atoms with Crippen LogP contribution in [0.5, 0.6) is 0 Å². The van der Waals surface area contributed by atoms with Gasteiger partial charge in [0, 0.05) is 19.1 Å². The Labute approximate surface area is 124 Å². The third kappa shape index (κ3) is 4.07. The summed E-state index contributed by atoms with van der Waals surface area (Å²) in [5, 5.41) is 10.7. The predicted octanol–water partition coefficient (Wildman–Crippen LogP) is 2.84. The van der Waals surface area contributed by atoms with Crippen LogP contribution in [-0.2, 0) is 0 Å². The normalized spacial score (nSPS) is 22.4. The second-order valence-corrected chi connectivity index (χ2v) is 5.92. The van der Waals surface area contributed by atoms with Gasteiger partial charge in [-0.2, -0.15) is 0 Å².